The van der Waals surface area contributed by atoms with Crippen LogP contribution in [0.15, 0.2) is 0 Å². The van der Waals surface area contributed by atoms with Crippen molar-refractivity contribution in [1.29, 1.82) is 0 Å². The molecule has 4 rings (SSSR count). The molecule has 7 atom stereocenters. The van der Waals surface area contributed by atoms with E-state index in [1.54, 1.807) is 0 Å². The molecule has 154 valence electrons. The van der Waals surface area contributed by atoms with Gasteiger partial charge in [-0.2, -0.15) is 0 Å². The van der Waals surface area contributed by atoms with Gasteiger partial charge in [0, 0.05) is 31.1 Å². The molecule has 4 fully saturated rings. The average Bonchev–Trinajstić information content (AvgIpc) is 2.91. The van der Waals surface area contributed by atoms with Gasteiger partial charge in [-0.05, 0) is 68.6 Å². The van der Waals surface area contributed by atoms with Crippen molar-refractivity contribution in [3.05, 3.63) is 0 Å². The Kier molecular flexibility index (Phi) is 4.41. The van der Waals surface area contributed by atoms with E-state index in [0.717, 1.165) is 25.7 Å². The number of hydrogen-bond acceptors (Lipinski definition) is 5. The lowest BCUT2D eigenvalue weighted by molar-refractivity contribution is -0.187. The zero-order valence-electron chi connectivity index (χ0n) is 17.5. The van der Waals surface area contributed by atoms with Crippen molar-refractivity contribution in [2.24, 2.45) is 34.5 Å². The van der Waals surface area contributed by atoms with Crippen LogP contribution in [0.3, 0.4) is 0 Å². The van der Waals surface area contributed by atoms with Crippen molar-refractivity contribution in [1.82, 2.24) is 0 Å². The van der Waals surface area contributed by atoms with Crippen LogP contribution in [0.4, 0.5) is 0 Å². The quantitative estimate of drug-likeness (QED) is 0.675. The Morgan fingerprint density at radius 3 is 2.36 bits per heavy atom. The summed E-state index contributed by atoms with van der Waals surface area (Å²) in [5.41, 5.74) is -1.43. The minimum atomic E-state index is -1.07. The minimum absolute atomic E-state index is 0.0231. The summed E-state index contributed by atoms with van der Waals surface area (Å²) in [4.78, 5) is 50.0. The van der Waals surface area contributed by atoms with E-state index in [0.29, 0.717) is 31.5 Å². The van der Waals surface area contributed by atoms with Crippen molar-refractivity contribution in [2.75, 3.05) is 0 Å². The van der Waals surface area contributed by atoms with E-state index in [1.165, 1.54) is 13.8 Å². The Hall–Kier alpha value is -1.52. The molecule has 0 bridgehead atoms. The van der Waals surface area contributed by atoms with Gasteiger partial charge >= 0.3 is 5.97 Å². The first-order chi connectivity index (χ1) is 13.0. The van der Waals surface area contributed by atoms with Gasteiger partial charge in [-0.3, -0.25) is 19.2 Å². The smallest absolute Gasteiger partial charge is 0.303 e. The highest BCUT2D eigenvalue weighted by Gasteiger charge is 2.64. The Bertz CT molecular complexity index is 756. The van der Waals surface area contributed by atoms with Gasteiger partial charge in [0.15, 0.2) is 11.4 Å². The summed E-state index contributed by atoms with van der Waals surface area (Å²) in [6.45, 7) is 7.20. The van der Waals surface area contributed by atoms with E-state index in [2.05, 4.69) is 13.8 Å². The van der Waals surface area contributed by atoms with E-state index in [4.69, 9.17) is 4.74 Å². The van der Waals surface area contributed by atoms with Crippen LogP contribution in [0.1, 0.15) is 79.1 Å². The van der Waals surface area contributed by atoms with E-state index in [-0.39, 0.29) is 46.1 Å². The Balaban J connectivity index is 1.66. The first kappa shape index (κ1) is 19.8. The molecule has 0 aromatic carbocycles. The highest BCUT2D eigenvalue weighted by atomic mass is 16.6. The molecule has 0 saturated heterocycles. The lowest BCUT2D eigenvalue weighted by atomic mass is 9.44. The summed E-state index contributed by atoms with van der Waals surface area (Å²) in [7, 11) is 0. The third-order valence-corrected chi connectivity index (χ3v) is 9.20. The SMILES string of the molecule is CC(=O)O[C@@]1(C(C)=O)CC[C@@]2(C)[C@@H](CC(=O)[C@@H]3[C@H]4CCC(=O)[C@@]4(C)CC[C@@H]32)C1. The van der Waals surface area contributed by atoms with Crippen LogP contribution in [-0.2, 0) is 23.9 Å². The number of hydrogen-bond donors (Lipinski definition) is 0. The summed E-state index contributed by atoms with van der Waals surface area (Å²) in [5.74, 6) is 0.533. The molecule has 5 heteroatoms. The molecule has 0 unspecified atom stereocenters. The van der Waals surface area contributed by atoms with Gasteiger partial charge in [0.25, 0.3) is 0 Å². The van der Waals surface area contributed by atoms with Crippen molar-refractivity contribution in [3.63, 3.8) is 0 Å². The summed E-state index contributed by atoms with van der Waals surface area (Å²) >= 11 is 0. The topological polar surface area (TPSA) is 77.5 Å². The van der Waals surface area contributed by atoms with Crippen molar-refractivity contribution in [2.45, 2.75) is 84.7 Å². The number of esters is 1. The van der Waals surface area contributed by atoms with Gasteiger partial charge in [-0.15, -0.1) is 0 Å². The first-order valence-corrected chi connectivity index (χ1v) is 10.8. The molecule has 28 heavy (non-hydrogen) atoms. The molecule has 0 radical (unpaired) electrons. The van der Waals surface area contributed by atoms with Gasteiger partial charge in [-0.1, -0.05) is 13.8 Å². The highest BCUT2D eigenvalue weighted by Crippen LogP contribution is 2.65. The summed E-state index contributed by atoms with van der Waals surface area (Å²) in [5, 5.41) is 0. The second-order valence-corrected chi connectivity index (χ2v) is 10.4. The molecule has 0 spiro atoms. The van der Waals surface area contributed by atoms with Gasteiger partial charge in [0.1, 0.15) is 11.6 Å². The Labute approximate surface area is 167 Å². The predicted molar refractivity (Wildman–Crippen MR) is 102 cm³/mol. The van der Waals surface area contributed by atoms with Gasteiger partial charge in [-0.25, -0.2) is 0 Å². The zero-order valence-corrected chi connectivity index (χ0v) is 17.5. The molecule has 4 aliphatic rings. The fraction of sp³-hybridized carbons (Fsp3) is 0.826. The third kappa shape index (κ3) is 2.57. The van der Waals surface area contributed by atoms with Crippen LogP contribution in [-0.4, -0.2) is 28.9 Å². The molecule has 0 heterocycles. The molecule has 0 N–H and O–H groups in total. The maximum absolute atomic E-state index is 13.3. The van der Waals surface area contributed by atoms with Crippen LogP contribution in [0.5, 0.6) is 0 Å². The van der Waals surface area contributed by atoms with E-state index in [1.807, 2.05) is 0 Å². The maximum atomic E-state index is 13.3. The standard InChI is InChI=1S/C23H32O5/c1-13(24)23(28-14(2)25)10-9-21(3)15(12-23)11-18(26)20-16-5-6-19(27)22(16,4)8-7-17(20)21/h15-17,20H,5-12H2,1-4H3/t15-,16+,17-,20+,21-,22-,23-/m0/s1. The van der Waals surface area contributed by atoms with E-state index >= 15 is 0 Å². The van der Waals surface area contributed by atoms with Gasteiger partial charge in [0.05, 0.1) is 0 Å². The second kappa shape index (κ2) is 6.24. The Morgan fingerprint density at radius 1 is 1.00 bits per heavy atom. The molecule has 0 amide bonds. The molecular weight excluding hydrogens is 356 g/mol. The number of carbonyl (C=O) groups excluding carboxylic acids is 4. The maximum Gasteiger partial charge on any atom is 0.303 e. The summed E-state index contributed by atoms with van der Waals surface area (Å²) < 4.78 is 5.56. The molecule has 0 aromatic heterocycles. The third-order valence-electron chi connectivity index (χ3n) is 9.20. The number of Topliss-reactive ketones (excluding diaryl/α,β-unsaturated/α-hetero) is 3. The average molecular weight is 389 g/mol. The highest BCUT2D eigenvalue weighted by molar-refractivity contribution is 5.91. The summed E-state index contributed by atoms with van der Waals surface area (Å²) in [6.07, 6.45) is 5.44. The van der Waals surface area contributed by atoms with Gasteiger partial charge < -0.3 is 4.74 Å². The fourth-order valence-electron chi connectivity index (χ4n) is 7.44. The second-order valence-electron chi connectivity index (χ2n) is 10.4. The predicted octanol–water partition coefficient (Wildman–Crippen LogP) is 3.67. The largest absolute Gasteiger partial charge is 0.451 e. The zero-order chi connectivity index (χ0) is 20.5. The normalized spacial score (nSPS) is 47.7. The molecule has 0 aliphatic heterocycles. The number of carbonyl (C=O) groups is 4. The van der Waals surface area contributed by atoms with Crippen molar-refractivity contribution in [3.8, 4) is 0 Å². The van der Waals surface area contributed by atoms with Crippen molar-refractivity contribution >= 4 is 23.3 Å². The van der Waals surface area contributed by atoms with E-state index < -0.39 is 11.6 Å². The molecular formula is C23H32O5. The van der Waals surface area contributed by atoms with E-state index in [9.17, 15) is 19.2 Å². The molecule has 0 aromatic rings. The first-order valence-electron chi connectivity index (χ1n) is 10.8. The molecule has 4 saturated carbocycles. The van der Waals surface area contributed by atoms with Crippen LogP contribution < -0.4 is 0 Å². The fourth-order valence-corrected chi connectivity index (χ4v) is 7.44. The van der Waals surface area contributed by atoms with Crippen LogP contribution in [0, 0.1) is 34.5 Å². The molecule has 4 aliphatic carbocycles. The molecule has 5 nitrogen and oxygen atoms in total. The lowest BCUT2D eigenvalue weighted by Gasteiger charge is -2.60. The van der Waals surface area contributed by atoms with Gasteiger partial charge in [0.2, 0.25) is 0 Å². The van der Waals surface area contributed by atoms with Crippen LogP contribution >= 0.6 is 0 Å². The number of fused-ring (bicyclic) bond motifs is 5. The number of rotatable bonds is 2. The number of ketones is 3. The van der Waals surface area contributed by atoms with Crippen LogP contribution in [0.2, 0.25) is 0 Å². The lowest BCUT2D eigenvalue weighted by Crippen LogP contribution is -2.60. The monoisotopic (exact) mass is 388 g/mol. The number of ether oxygens (including phenoxy) is 1. The summed E-state index contributed by atoms with van der Waals surface area (Å²) in [6, 6.07) is 0. The van der Waals surface area contributed by atoms with Crippen LogP contribution in [0.25, 0.3) is 0 Å². The minimum Gasteiger partial charge on any atom is -0.451 e. The van der Waals surface area contributed by atoms with Crippen molar-refractivity contribution < 1.29 is 23.9 Å². The Morgan fingerprint density at radius 2 is 1.71 bits per heavy atom.